The van der Waals surface area contributed by atoms with E-state index in [1.165, 1.54) is 0 Å². The number of nitrogens with two attached hydrogens (primary N) is 1. The SMILES string of the molecule is N=C(N)[C@H]1CCS(=O)(=O)C1. The molecular formula is C5H10N2O2S. The summed E-state index contributed by atoms with van der Waals surface area (Å²) >= 11 is 0. The molecule has 3 N–H and O–H groups in total. The zero-order valence-corrected chi connectivity index (χ0v) is 6.32. The summed E-state index contributed by atoms with van der Waals surface area (Å²) in [5.41, 5.74) is 5.14. The van der Waals surface area contributed by atoms with Gasteiger partial charge in [0.2, 0.25) is 0 Å². The molecule has 5 heteroatoms. The molecule has 1 atom stereocenters. The van der Waals surface area contributed by atoms with Crippen LogP contribution in [0.5, 0.6) is 0 Å². The van der Waals surface area contributed by atoms with Crippen LogP contribution in [0.15, 0.2) is 0 Å². The number of hydrogen-bond donors (Lipinski definition) is 2. The van der Waals surface area contributed by atoms with Crippen molar-refractivity contribution in [2.45, 2.75) is 6.42 Å². The molecule has 1 aliphatic rings. The average Bonchev–Trinajstić information content (AvgIpc) is 2.10. The Kier molecular flexibility index (Phi) is 1.68. The molecule has 0 aromatic heterocycles. The summed E-state index contributed by atoms with van der Waals surface area (Å²) in [5.74, 6) is 0.0469. The molecule has 10 heavy (non-hydrogen) atoms. The van der Waals surface area contributed by atoms with Crippen LogP contribution in [-0.4, -0.2) is 25.8 Å². The van der Waals surface area contributed by atoms with Crippen molar-refractivity contribution in [2.75, 3.05) is 11.5 Å². The van der Waals surface area contributed by atoms with Gasteiger partial charge in [0.05, 0.1) is 17.3 Å². The summed E-state index contributed by atoms with van der Waals surface area (Å²) in [7, 11) is -2.86. The molecule has 0 bridgehead atoms. The first-order valence-corrected chi connectivity index (χ1v) is 4.88. The summed E-state index contributed by atoms with van der Waals surface area (Å²) < 4.78 is 21.6. The molecule has 0 aliphatic carbocycles. The van der Waals surface area contributed by atoms with Gasteiger partial charge in [0, 0.05) is 5.92 Å². The Morgan fingerprint density at radius 2 is 2.20 bits per heavy atom. The molecule has 0 saturated carbocycles. The lowest BCUT2D eigenvalue weighted by atomic mass is 10.1. The van der Waals surface area contributed by atoms with Crippen LogP contribution < -0.4 is 5.73 Å². The molecule has 1 rings (SSSR count). The third-order valence-electron chi connectivity index (χ3n) is 1.67. The average molecular weight is 162 g/mol. The van der Waals surface area contributed by atoms with E-state index < -0.39 is 9.84 Å². The third-order valence-corrected chi connectivity index (χ3v) is 3.44. The van der Waals surface area contributed by atoms with E-state index in [1.54, 1.807) is 0 Å². The van der Waals surface area contributed by atoms with Crippen LogP contribution in [0.25, 0.3) is 0 Å². The highest BCUT2D eigenvalue weighted by Crippen LogP contribution is 2.17. The standard InChI is InChI=1S/C5H10N2O2S/c6-5(7)4-1-2-10(8,9)3-4/h4H,1-3H2,(H3,6,7)/t4-/m0/s1. The van der Waals surface area contributed by atoms with Gasteiger partial charge in [-0.25, -0.2) is 8.42 Å². The molecule has 0 aromatic carbocycles. The van der Waals surface area contributed by atoms with Gasteiger partial charge in [-0.05, 0) is 6.42 Å². The van der Waals surface area contributed by atoms with Gasteiger partial charge >= 0.3 is 0 Å². The molecular weight excluding hydrogens is 152 g/mol. The van der Waals surface area contributed by atoms with E-state index in [2.05, 4.69) is 0 Å². The highest BCUT2D eigenvalue weighted by Gasteiger charge is 2.29. The second-order valence-corrected chi connectivity index (χ2v) is 4.78. The van der Waals surface area contributed by atoms with Crippen LogP contribution in [0, 0.1) is 11.3 Å². The highest BCUT2D eigenvalue weighted by atomic mass is 32.2. The van der Waals surface area contributed by atoms with Gasteiger partial charge in [-0.1, -0.05) is 0 Å². The van der Waals surface area contributed by atoms with Gasteiger partial charge in [0.15, 0.2) is 9.84 Å². The molecule has 58 valence electrons. The fourth-order valence-corrected chi connectivity index (χ4v) is 2.81. The van der Waals surface area contributed by atoms with Gasteiger partial charge < -0.3 is 5.73 Å². The number of amidine groups is 1. The zero-order chi connectivity index (χ0) is 7.78. The van der Waals surface area contributed by atoms with Crippen molar-refractivity contribution in [2.24, 2.45) is 11.7 Å². The van der Waals surface area contributed by atoms with Crippen LogP contribution in [0.2, 0.25) is 0 Å². The van der Waals surface area contributed by atoms with Crippen molar-refractivity contribution < 1.29 is 8.42 Å². The van der Waals surface area contributed by atoms with Gasteiger partial charge in [-0.2, -0.15) is 0 Å². The van der Waals surface area contributed by atoms with Crippen molar-refractivity contribution >= 4 is 15.7 Å². The van der Waals surface area contributed by atoms with Gasteiger partial charge in [-0.3, -0.25) is 5.41 Å². The van der Waals surface area contributed by atoms with Crippen molar-refractivity contribution in [3.8, 4) is 0 Å². The highest BCUT2D eigenvalue weighted by molar-refractivity contribution is 7.91. The molecule has 0 radical (unpaired) electrons. The Balaban J connectivity index is 2.69. The summed E-state index contributed by atoms with van der Waals surface area (Å²) in [6.45, 7) is 0. The topological polar surface area (TPSA) is 84.0 Å². The van der Waals surface area contributed by atoms with E-state index in [9.17, 15) is 8.42 Å². The number of nitrogens with one attached hydrogen (secondary N) is 1. The third kappa shape index (κ3) is 1.47. The first-order valence-electron chi connectivity index (χ1n) is 3.05. The van der Waals surface area contributed by atoms with Gasteiger partial charge in [0.25, 0.3) is 0 Å². The monoisotopic (exact) mass is 162 g/mol. The summed E-state index contributed by atoms with van der Waals surface area (Å²) in [4.78, 5) is 0. The predicted octanol–water partition coefficient (Wildman–Crippen LogP) is -0.643. The van der Waals surface area contributed by atoms with E-state index in [4.69, 9.17) is 11.1 Å². The lowest BCUT2D eigenvalue weighted by Gasteiger charge is -2.01. The molecule has 0 amide bonds. The number of hydrogen-bond acceptors (Lipinski definition) is 3. The van der Waals surface area contributed by atoms with Crippen LogP contribution in [0.1, 0.15) is 6.42 Å². The van der Waals surface area contributed by atoms with E-state index >= 15 is 0 Å². The maximum Gasteiger partial charge on any atom is 0.151 e. The Labute approximate surface area is 59.8 Å². The minimum Gasteiger partial charge on any atom is -0.387 e. The minimum absolute atomic E-state index is 0.000995. The van der Waals surface area contributed by atoms with Crippen LogP contribution in [0.4, 0.5) is 0 Å². The van der Waals surface area contributed by atoms with E-state index in [-0.39, 0.29) is 23.3 Å². The molecule has 4 nitrogen and oxygen atoms in total. The fraction of sp³-hybridized carbons (Fsp3) is 0.800. The molecule has 0 spiro atoms. The Morgan fingerprint density at radius 1 is 1.60 bits per heavy atom. The van der Waals surface area contributed by atoms with E-state index in [0.717, 1.165) is 0 Å². The van der Waals surface area contributed by atoms with E-state index in [0.29, 0.717) is 6.42 Å². The van der Waals surface area contributed by atoms with Crippen molar-refractivity contribution in [3.05, 3.63) is 0 Å². The van der Waals surface area contributed by atoms with Crippen molar-refractivity contribution in [3.63, 3.8) is 0 Å². The molecule has 0 aromatic rings. The predicted molar refractivity (Wildman–Crippen MR) is 38.7 cm³/mol. The molecule has 1 heterocycles. The summed E-state index contributed by atoms with van der Waals surface area (Å²) in [6, 6.07) is 0. The maximum absolute atomic E-state index is 10.8. The van der Waals surface area contributed by atoms with Gasteiger partial charge in [0.1, 0.15) is 0 Å². The lowest BCUT2D eigenvalue weighted by Crippen LogP contribution is -2.23. The maximum atomic E-state index is 10.8. The summed E-state index contributed by atoms with van der Waals surface area (Å²) in [6.07, 6.45) is 0.525. The largest absolute Gasteiger partial charge is 0.387 e. The smallest absolute Gasteiger partial charge is 0.151 e. The number of rotatable bonds is 1. The van der Waals surface area contributed by atoms with Crippen LogP contribution >= 0.6 is 0 Å². The van der Waals surface area contributed by atoms with Crippen molar-refractivity contribution in [1.82, 2.24) is 0 Å². The van der Waals surface area contributed by atoms with Crippen molar-refractivity contribution in [1.29, 1.82) is 5.41 Å². The van der Waals surface area contributed by atoms with Gasteiger partial charge in [-0.15, -0.1) is 0 Å². The Bertz CT molecular complexity index is 244. The Hall–Kier alpha value is -0.580. The van der Waals surface area contributed by atoms with E-state index in [1.807, 2.05) is 0 Å². The first kappa shape index (κ1) is 7.53. The normalized spacial score (nSPS) is 30.2. The summed E-state index contributed by atoms with van der Waals surface area (Å²) in [5, 5.41) is 6.98. The first-order chi connectivity index (χ1) is 4.51. The second kappa shape index (κ2) is 2.23. The second-order valence-electron chi connectivity index (χ2n) is 2.56. The quantitative estimate of drug-likeness (QED) is 0.397. The molecule has 0 unspecified atom stereocenters. The zero-order valence-electron chi connectivity index (χ0n) is 5.50. The molecule has 1 fully saturated rings. The molecule has 1 saturated heterocycles. The fourth-order valence-electron chi connectivity index (χ4n) is 1.04. The molecule has 1 aliphatic heterocycles. The number of sulfone groups is 1. The van der Waals surface area contributed by atoms with Crippen LogP contribution in [0.3, 0.4) is 0 Å². The lowest BCUT2D eigenvalue weighted by molar-refractivity contribution is 0.601. The Morgan fingerprint density at radius 3 is 2.40 bits per heavy atom. The van der Waals surface area contributed by atoms with Crippen LogP contribution in [-0.2, 0) is 9.84 Å². The minimum atomic E-state index is -2.86.